The average molecular weight is 1520 g/mol. The summed E-state index contributed by atoms with van der Waals surface area (Å²) in [5, 5.41) is 9.87. The number of nitrogens with zero attached hydrogens (tertiary/aromatic N) is 1. The van der Waals surface area contributed by atoms with Crippen LogP contribution in [0.1, 0.15) is 222 Å². The van der Waals surface area contributed by atoms with E-state index in [0.717, 1.165) is 144 Å². The predicted molar refractivity (Wildman–Crippen MR) is 427 cm³/mol. The zero-order valence-electron chi connectivity index (χ0n) is 64.5. The lowest BCUT2D eigenvalue weighted by Crippen LogP contribution is -2.44. The van der Waals surface area contributed by atoms with Gasteiger partial charge in [0.25, 0.3) is 0 Å². The van der Waals surface area contributed by atoms with E-state index in [1.807, 2.05) is 30.3 Å². The molecule has 8 aromatic rings. The quantitative estimate of drug-likeness (QED) is 0.0149. The fourth-order valence-corrected chi connectivity index (χ4v) is 21.1. The Bertz CT molecular complexity index is 4270. The minimum absolute atomic E-state index is 0.00498. The van der Waals surface area contributed by atoms with Gasteiger partial charge in [0.15, 0.2) is 22.4 Å². The van der Waals surface area contributed by atoms with Crippen molar-refractivity contribution in [2.24, 2.45) is 0 Å². The molecule has 18 nitrogen and oxygen atoms in total. The molecule has 0 N–H and O–H groups in total. The Morgan fingerprint density at radius 2 is 0.578 bits per heavy atom. The van der Waals surface area contributed by atoms with Gasteiger partial charge in [-0.05, 0) is 271 Å². The molecule has 8 aromatic carbocycles. The van der Waals surface area contributed by atoms with Crippen molar-refractivity contribution in [3.8, 4) is 63.6 Å². The molecule has 109 heavy (non-hydrogen) atoms. The fourth-order valence-electron chi connectivity index (χ4n) is 12.2. The van der Waals surface area contributed by atoms with Crippen LogP contribution in [-0.4, -0.2) is 78.9 Å². The molecule has 0 radical (unpaired) electrons. The number of nitriles is 1. The van der Waals surface area contributed by atoms with Crippen LogP contribution in [0.2, 0.25) is 38.3 Å². The molecule has 8 rings (SSSR count). The monoisotopic (exact) mass is 1520 g/mol. The van der Waals surface area contributed by atoms with Crippen LogP contribution in [0.4, 0.5) is 0 Å². The number of benzene rings is 8. The Balaban J connectivity index is 0.820. The number of carbonyl (C=O) groups excluding carboxylic acids is 6. The number of hydrogen-bond donors (Lipinski definition) is 0. The van der Waals surface area contributed by atoms with Gasteiger partial charge in [0.2, 0.25) is 0 Å². The lowest BCUT2D eigenvalue weighted by Gasteiger charge is -2.34. The van der Waals surface area contributed by atoms with Crippen LogP contribution in [0.25, 0.3) is 0 Å². The lowest BCUT2D eigenvalue weighted by molar-refractivity contribution is 0.0716. The van der Waals surface area contributed by atoms with Crippen LogP contribution in [0.15, 0.2) is 176 Å². The van der Waals surface area contributed by atoms with Gasteiger partial charge in [-0.25, -0.2) is 28.8 Å². The minimum atomic E-state index is -2.24. The van der Waals surface area contributed by atoms with Crippen molar-refractivity contribution in [3.05, 3.63) is 226 Å². The number of aryl methyl sites for hydroxylation is 2. The molecule has 0 spiro atoms. The van der Waals surface area contributed by atoms with Gasteiger partial charge in [0, 0.05) is 6.07 Å². The van der Waals surface area contributed by atoms with Crippen LogP contribution >= 0.6 is 0 Å². The first-order valence-electron chi connectivity index (χ1n) is 38.6. The Hall–Kier alpha value is -10.3. The van der Waals surface area contributed by atoms with E-state index in [2.05, 4.69) is 53.9 Å². The second-order valence-electron chi connectivity index (χ2n) is 28.3. The highest BCUT2D eigenvalue weighted by atomic mass is 28.4. The maximum atomic E-state index is 13.9. The molecule has 0 aliphatic rings. The van der Waals surface area contributed by atoms with Gasteiger partial charge in [-0.3, -0.25) is 0 Å². The topological polar surface area (TPSA) is 228 Å². The van der Waals surface area contributed by atoms with Crippen LogP contribution in [0.5, 0.6) is 57.5 Å². The van der Waals surface area contributed by atoms with Gasteiger partial charge in [-0.1, -0.05) is 105 Å². The number of carbonyl (C=O) groups is 6. The first-order valence-corrected chi connectivity index (χ1v) is 44.8. The summed E-state index contributed by atoms with van der Waals surface area (Å²) in [6, 6.07) is 50.1. The number of ether oxygens (including phenoxy) is 10. The van der Waals surface area contributed by atoms with Crippen molar-refractivity contribution >= 4 is 52.5 Å². The third kappa shape index (κ3) is 28.6. The molecular weight excluding hydrogens is 1410 g/mol. The molecule has 20 heteroatoms. The van der Waals surface area contributed by atoms with E-state index in [1.54, 1.807) is 84.9 Å². The normalized spacial score (nSPS) is 11.2. The summed E-state index contributed by atoms with van der Waals surface area (Å²) < 4.78 is 65.6. The van der Waals surface area contributed by atoms with E-state index < -0.39 is 52.5 Å². The average Bonchev–Trinajstić information content (AvgIpc) is 0.835. The van der Waals surface area contributed by atoms with Gasteiger partial charge < -0.3 is 51.5 Å². The zero-order valence-corrected chi connectivity index (χ0v) is 66.5. The number of esters is 6. The summed E-state index contributed by atoms with van der Waals surface area (Å²) in [7, 11) is -4.47. The highest BCUT2D eigenvalue weighted by Gasteiger charge is 2.33. The largest absolute Gasteiger partial charge is 0.494 e. The van der Waals surface area contributed by atoms with Gasteiger partial charge in [-0.15, -0.1) is 0 Å². The van der Waals surface area contributed by atoms with Crippen molar-refractivity contribution < 1.29 is 80.3 Å². The van der Waals surface area contributed by atoms with Gasteiger partial charge in [-0.2, -0.15) is 5.26 Å². The molecule has 0 atom stereocenters. The van der Waals surface area contributed by atoms with E-state index >= 15 is 0 Å². The summed E-state index contributed by atoms with van der Waals surface area (Å²) >= 11 is 0. The summed E-state index contributed by atoms with van der Waals surface area (Å²) in [6.45, 7) is 20.1. The summed E-state index contributed by atoms with van der Waals surface area (Å²) in [4.78, 5) is 80.4. The first kappa shape index (κ1) is 84.3. The van der Waals surface area contributed by atoms with E-state index in [-0.39, 0.29) is 45.4 Å². The van der Waals surface area contributed by atoms with Crippen molar-refractivity contribution in [2.45, 2.75) is 194 Å². The molecule has 0 heterocycles. The highest BCUT2D eigenvalue weighted by Crippen LogP contribution is 2.33. The SMILES string of the molecule is CCCCCCOc1ccc(OC(=O)c2ccc(OC(=O)c3ccc(OCCCCCC)c(CCC[Si](C)(C)O[Si](C)(C)CCCc4cc(C(=O)Oc5ccc(C(=O)Oc6ccc(C#N)c(OC(=O)c7ccc(OC(=O)c8ccc(OCCCCCC)cc8)cc7)c6)cc5)ccc4OCCCCCC)c3)cc2)cc1. The standard InChI is InChI=1S/C89H105NO17Si2/c1-9-13-17-21-55-97-74-40-29-65(30-41-74)84(91)101-76-46-35-68(36-47-76)87(94)106-83-63-80(48-37-73(83)64-90)105-86(93)67-33-44-78(45-34-67)104-89(96)72-39-54-82(100-58-24-20-16-12-4)70(62-72)28-26-60-109(7,8)107-108(5,6)59-25-27-69-61-71(38-53-81(69)99-57-23-19-15-11-3)88(95)103-77-42-31-66(32-43-77)85(92)102-79-51-49-75(50-52-79)98-56-22-18-14-10-2/h29-54,61-63H,9-28,55-60H2,1-8H3. The molecule has 0 aliphatic carbocycles. The number of unbranched alkanes of at least 4 members (excludes halogenated alkanes) is 12. The molecule has 0 aliphatic heterocycles. The molecular formula is C89H105NO17Si2. The van der Waals surface area contributed by atoms with Crippen molar-refractivity contribution in [2.75, 3.05) is 26.4 Å². The second kappa shape index (κ2) is 44.2. The van der Waals surface area contributed by atoms with Gasteiger partial charge >= 0.3 is 35.8 Å². The molecule has 0 saturated heterocycles. The van der Waals surface area contributed by atoms with Crippen LogP contribution < -0.4 is 47.4 Å². The third-order valence-electron chi connectivity index (χ3n) is 18.2. The predicted octanol–water partition coefficient (Wildman–Crippen LogP) is 21.7. The highest BCUT2D eigenvalue weighted by molar-refractivity contribution is 6.84. The maximum absolute atomic E-state index is 13.9. The molecule has 576 valence electrons. The summed E-state index contributed by atoms with van der Waals surface area (Å²) in [5.74, 6) is -0.0796. The van der Waals surface area contributed by atoms with Crippen molar-refractivity contribution in [3.63, 3.8) is 0 Å². The molecule has 0 amide bonds. The number of rotatable bonds is 46. The van der Waals surface area contributed by atoms with E-state index in [1.165, 1.54) is 73.2 Å². The Labute approximate surface area is 644 Å². The van der Waals surface area contributed by atoms with Crippen LogP contribution in [-0.2, 0) is 17.0 Å². The minimum Gasteiger partial charge on any atom is -0.494 e. The molecule has 0 aromatic heterocycles. The Morgan fingerprint density at radius 3 is 0.927 bits per heavy atom. The zero-order chi connectivity index (χ0) is 77.8. The van der Waals surface area contributed by atoms with Gasteiger partial charge in [0.1, 0.15) is 57.8 Å². The second-order valence-corrected chi connectivity index (χ2v) is 37.1. The molecule has 0 bridgehead atoms. The lowest BCUT2D eigenvalue weighted by atomic mass is 10.1. The van der Waals surface area contributed by atoms with Gasteiger partial charge in [0.05, 0.1) is 65.4 Å². The summed E-state index contributed by atoms with van der Waals surface area (Å²) in [6.07, 6.45) is 20.1. The first-order chi connectivity index (χ1) is 52.7. The van der Waals surface area contributed by atoms with Crippen LogP contribution in [0, 0.1) is 11.3 Å². The van der Waals surface area contributed by atoms with E-state index in [9.17, 15) is 34.0 Å². The fraction of sp³-hybridized carbons (Fsp3) is 0.382. The maximum Gasteiger partial charge on any atom is 0.343 e. The van der Waals surface area contributed by atoms with E-state index in [0.29, 0.717) is 78.8 Å². The molecule has 0 fully saturated rings. The van der Waals surface area contributed by atoms with Crippen molar-refractivity contribution in [1.82, 2.24) is 0 Å². The summed E-state index contributed by atoms with van der Waals surface area (Å²) in [5.41, 5.74) is 3.40. The third-order valence-corrected chi connectivity index (χ3v) is 25.7. The van der Waals surface area contributed by atoms with Crippen molar-refractivity contribution in [1.29, 1.82) is 5.26 Å². The Kier molecular flexibility index (Phi) is 34.2. The molecule has 0 saturated carbocycles. The van der Waals surface area contributed by atoms with Crippen LogP contribution in [0.3, 0.4) is 0 Å². The molecule has 0 unspecified atom stereocenters. The van der Waals surface area contributed by atoms with E-state index in [4.69, 9.17) is 51.5 Å². The smallest absolute Gasteiger partial charge is 0.343 e. The Morgan fingerprint density at radius 1 is 0.294 bits per heavy atom. The number of hydrogen-bond acceptors (Lipinski definition) is 18.